The Morgan fingerprint density at radius 1 is 1.16 bits per heavy atom. The van der Waals surface area contributed by atoms with Crippen LogP contribution in [0.1, 0.15) is 37.0 Å². The summed E-state index contributed by atoms with van der Waals surface area (Å²) >= 11 is 0. The molecule has 0 amide bonds. The molecule has 5 heteroatoms. The van der Waals surface area contributed by atoms with Crippen LogP contribution in [-0.2, 0) is 6.42 Å². The van der Waals surface area contributed by atoms with Crippen molar-refractivity contribution in [3.63, 3.8) is 0 Å². The molecule has 1 aromatic heterocycles. The molecule has 0 spiro atoms. The third-order valence-corrected chi connectivity index (χ3v) is 7.02. The van der Waals surface area contributed by atoms with Crippen LogP contribution in [0.15, 0.2) is 52.7 Å². The number of piperazine rings is 1. The first-order chi connectivity index (χ1) is 15.1. The van der Waals surface area contributed by atoms with E-state index in [1.807, 2.05) is 24.3 Å². The van der Waals surface area contributed by atoms with Gasteiger partial charge in [-0.15, -0.1) is 0 Å². The fourth-order valence-corrected chi connectivity index (χ4v) is 5.10. The number of hydrogen-bond donors (Lipinski definition) is 1. The van der Waals surface area contributed by atoms with Crippen molar-refractivity contribution in [3.05, 3.63) is 59.6 Å². The summed E-state index contributed by atoms with van der Waals surface area (Å²) in [6.45, 7) is 5.26. The summed E-state index contributed by atoms with van der Waals surface area (Å²) in [6.07, 6.45) is 8.58. The van der Waals surface area contributed by atoms with Gasteiger partial charge in [0.05, 0.1) is 19.0 Å². The molecule has 2 heterocycles. The van der Waals surface area contributed by atoms with Gasteiger partial charge in [-0.25, -0.2) is 0 Å². The van der Waals surface area contributed by atoms with Gasteiger partial charge in [0.2, 0.25) is 0 Å². The topological polar surface area (TPSA) is 49.1 Å². The predicted molar refractivity (Wildman–Crippen MR) is 124 cm³/mol. The molecule has 5 nitrogen and oxygen atoms in total. The minimum atomic E-state index is -0.904. The van der Waals surface area contributed by atoms with Gasteiger partial charge in [0.1, 0.15) is 11.5 Å². The Kier molecular flexibility index (Phi) is 7.16. The van der Waals surface area contributed by atoms with Crippen LogP contribution in [0.4, 0.5) is 0 Å². The molecule has 2 atom stereocenters. The molecule has 2 fully saturated rings. The van der Waals surface area contributed by atoms with E-state index in [1.54, 1.807) is 13.4 Å². The molecule has 1 saturated heterocycles. The first kappa shape index (κ1) is 22.1. The molecule has 4 rings (SSSR count). The van der Waals surface area contributed by atoms with E-state index in [4.69, 9.17) is 9.15 Å². The monoisotopic (exact) mass is 424 g/mol. The van der Waals surface area contributed by atoms with Crippen LogP contribution in [0.2, 0.25) is 0 Å². The average Bonchev–Trinajstić information content (AvgIpc) is 3.24. The SMILES string of the molecule is COc1cccc(CC2(O)/C(=C\c3ccco3)CCCCC2CN2CCN(C)CC2)c1. The molecule has 0 radical (unpaired) electrons. The number of ether oxygens (including phenoxy) is 1. The number of rotatable bonds is 6. The van der Waals surface area contributed by atoms with Crippen molar-refractivity contribution in [2.45, 2.75) is 37.7 Å². The van der Waals surface area contributed by atoms with Gasteiger partial charge >= 0.3 is 0 Å². The van der Waals surface area contributed by atoms with Crippen molar-refractivity contribution in [1.82, 2.24) is 9.80 Å². The number of nitrogens with zero attached hydrogens (tertiary/aromatic N) is 2. The molecule has 2 aromatic rings. The lowest BCUT2D eigenvalue weighted by molar-refractivity contribution is -0.00651. The van der Waals surface area contributed by atoms with Crippen molar-refractivity contribution < 1.29 is 14.3 Å². The minimum absolute atomic E-state index is 0.186. The van der Waals surface area contributed by atoms with Crippen molar-refractivity contribution in [1.29, 1.82) is 0 Å². The molecule has 2 aliphatic rings. The maximum Gasteiger partial charge on any atom is 0.126 e. The van der Waals surface area contributed by atoms with E-state index in [2.05, 4.69) is 35.1 Å². The first-order valence-electron chi connectivity index (χ1n) is 11.6. The Balaban J connectivity index is 1.66. The van der Waals surface area contributed by atoms with Gasteiger partial charge in [0, 0.05) is 45.1 Å². The normalized spacial score (nSPS) is 27.3. The van der Waals surface area contributed by atoms with E-state index in [-0.39, 0.29) is 5.92 Å². The second-order valence-electron chi connectivity index (χ2n) is 9.18. The molecule has 1 aromatic carbocycles. The Morgan fingerprint density at radius 2 is 2.00 bits per heavy atom. The van der Waals surface area contributed by atoms with E-state index < -0.39 is 5.60 Å². The zero-order valence-electron chi connectivity index (χ0n) is 18.9. The van der Waals surface area contributed by atoms with Crippen molar-refractivity contribution in [2.75, 3.05) is 46.9 Å². The Morgan fingerprint density at radius 3 is 2.74 bits per heavy atom. The molecule has 31 heavy (non-hydrogen) atoms. The summed E-state index contributed by atoms with van der Waals surface area (Å²) in [4.78, 5) is 4.92. The Labute approximate surface area is 186 Å². The van der Waals surface area contributed by atoms with Crippen LogP contribution in [-0.4, -0.2) is 67.4 Å². The zero-order chi connectivity index (χ0) is 21.7. The molecule has 1 N–H and O–H groups in total. The number of hydrogen-bond acceptors (Lipinski definition) is 5. The number of likely N-dealkylation sites (N-methyl/N-ethyl adjacent to an activating group) is 1. The van der Waals surface area contributed by atoms with Crippen LogP contribution < -0.4 is 4.74 Å². The zero-order valence-corrected chi connectivity index (χ0v) is 18.9. The highest BCUT2D eigenvalue weighted by Gasteiger charge is 2.42. The molecule has 2 unspecified atom stereocenters. The number of aliphatic hydroxyl groups is 1. The van der Waals surface area contributed by atoms with Gasteiger partial charge in [0.25, 0.3) is 0 Å². The Bertz CT molecular complexity index is 855. The summed E-state index contributed by atoms with van der Waals surface area (Å²) in [5.74, 6) is 1.84. The minimum Gasteiger partial charge on any atom is -0.497 e. The van der Waals surface area contributed by atoms with E-state index >= 15 is 0 Å². The maximum absolute atomic E-state index is 12.4. The third kappa shape index (κ3) is 5.40. The van der Waals surface area contributed by atoms with Crippen molar-refractivity contribution in [3.8, 4) is 5.75 Å². The van der Waals surface area contributed by atoms with Gasteiger partial charge in [-0.3, -0.25) is 0 Å². The van der Waals surface area contributed by atoms with E-state index in [0.717, 1.165) is 81.1 Å². The summed E-state index contributed by atoms with van der Waals surface area (Å²) in [7, 11) is 3.88. The van der Waals surface area contributed by atoms with Crippen LogP contribution in [0.5, 0.6) is 5.75 Å². The number of furan rings is 1. The Hall–Kier alpha value is -2.08. The smallest absolute Gasteiger partial charge is 0.126 e. The molecule has 1 saturated carbocycles. The number of benzene rings is 1. The number of methoxy groups -OCH3 is 1. The molecular weight excluding hydrogens is 388 g/mol. The quantitative estimate of drug-likeness (QED) is 0.708. The fourth-order valence-electron chi connectivity index (χ4n) is 5.10. The van der Waals surface area contributed by atoms with Gasteiger partial charge in [-0.1, -0.05) is 18.6 Å². The lowest BCUT2D eigenvalue weighted by Gasteiger charge is -2.42. The van der Waals surface area contributed by atoms with Crippen LogP contribution in [0.3, 0.4) is 0 Å². The highest BCUT2D eigenvalue weighted by molar-refractivity contribution is 5.51. The largest absolute Gasteiger partial charge is 0.497 e. The maximum atomic E-state index is 12.4. The second-order valence-corrected chi connectivity index (χ2v) is 9.18. The fraction of sp³-hybridized carbons (Fsp3) is 0.538. The third-order valence-electron chi connectivity index (χ3n) is 7.02. The first-order valence-corrected chi connectivity index (χ1v) is 11.6. The van der Waals surface area contributed by atoms with Crippen LogP contribution >= 0.6 is 0 Å². The van der Waals surface area contributed by atoms with Gasteiger partial charge in [-0.05, 0) is 67.8 Å². The molecular formula is C26H36N2O3. The highest BCUT2D eigenvalue weighted by atomic mass is 16.5. The van der Waals surface area contributed by atoms with E-state index in [9.17, 15) is 5.11 Å². The average molecular weight is 425 g/mol. The van der Waals surface area contributed by atoms with Gasteiger partial charge < -0.3 is 24.1 Å². The van der Waals surface area contributed by atoms with Crippen molar-refractivity contribution >= 4 is 6.08 Å². The summed E-state index contributed by atoms with van der Waals surface area (Å²) in [6, 6.07) is 12.0. The summed E-state index contributed by atoms with van der Waals surface area (Å²) < 4.78 is 11.1. The standard InChI is InChI=1S/C26H36N2O3/c1-27-12-14-28(15-13-27)20-23-9-4-3-8-22(18-25-11-6-16-31-25)26(23,29)19-21-7-5-10-24(17-21)30-2/h5-7,10-11,16-18,23,29H,3-4,8-9,12-15,19-20H2,1-2H3/b22-18-. The van der Waals surface area contributed by atoms with E-state index in [1.165, 1.54) is 0 Å². The van der Waals surface area contributed by atoms with Crippen LogP contribution in [0, 0.1) is 5.92 Å². The van der Waals surface area contributed by atoms with Crippen molar-refractivity contribution in [2.24, 2.45) is 5.92 Å². The molecule has 1 aliphatic carbocycles. The summed E-state index contributed by atoms with van der Waals surface area (Å²) in [5.41, 5.74) is 1.30. The van der Waals surface area contributed by atoms with E-state index in [0.29, 0.717) is 6.42 Å². The summed E-state index contributed by atoms with van der Waals surface area (Å²) in [5, 5.41) is 12.4. The lowest BCUT2D eigenvalue weighted by atomic mass is 9.75. The second kappa shape index (κ2) is 10.0. The molecule has 0 bridgehead atoms. The highest BCUT2D eigenvalue weighted by Crippen LogP contribution is 2.41. The lowest BCUT2D eigenvalue weighted by Crippen LogP contribution is -2.51. The predicted octanol–water partition coefficient (Wildman–Crippen LogP) is 4.08. The van der Waals surface area contributed by atoms with Gasteiger partial charge in [0.15, 0.2) is 0 Å². The van der Waals surface area contributed by atoms with Crippen LogP contribution in [0.25, 0.3) is 6.08 Å². The molecule has 168 valence electrons. The van der Waals surface area contributed by atoms with Gasteiger partial charge in [-0.2, -0.15) is 0 Å². The molecule has 1 aliphatic heterocycles.